The number of carbonyl (C=O) groups excluding carboxylic acids is 1. The van der Waals surface area contributed by atoms with Crippen LogP contribution in [0.3, 0.4) is 0 Å². The highest BCUT2D eigenvalue weighted by Crippen LogP contribution is 2.65. The highest BCUT2D eigenvalue weighted by atomic mass is 16.2. The lowest BCUT2D eigenvalue weighted by molar-refractivity contribution is -0.156. The molecule has 0 aromatic carbocycles. The van der Waals surface area contributed by atoms with E-state index in [0.717, 1.165) is 36.5 Å². The minimum absolute atomic E-state index is 0.363. The van der Waals surface area contributed by atoms with Crippen molar-refractivity contribution < 1.29 is 4.79 Å². The molecular weight excluding hydrogens is 330 g/mol. The second-order valence-electron chi connectivity index (χ2n) is 10.9. The average molecular weight is 372 g/mol. The minimum atomic E-state index is 0.363. The van der Waals surface area contributed by atoms with Crippen molar-refractivity contribution in [3.8, 4) is 0 Å². The summed E-state index contributed by atoms with van der Waals surface area (Å²) in [5.74, 6) is 3.86. The summed E-state index contributed by atoms with van der Waals surface area (Å²) in [4.78, 5) is 14.4. The molecule has 0 aromatic rings. The largest absolute Gasteiger partial charge is 0.342 e. The van der Waals surface area contributed by atoms with Gasteiger partial charge < -0.3 is 4.90 Å². The molecule has 3 aliphatic carbocycles. The highest BCUT2D eigenvalue weighted by Gasteiger charge is 2.59. The van der Waals surface area contributed by atoms with Crippen molar-refractivity contribution in [3.63, 3.8) is 0 Å². The maximum absolute atomic E-state index is 12.3. The molecule has 1 amide bonds. The molecule has 4 fully saturated rings. The molecule has 2 unspecified atom stereocenters. The van der Waals surface area contributed by atoms with Crippen molar-refractivity contribution in [2.45, 2.75) is 97.4 Å². The Labute approximate surface area is 167 Å². The van der Waals surface area contributed by atoms with Crippen molar-refractivity contribution >= 4 is 5.91 Å². The third-order valence-electron chi connectivity index (χ3n) is 9.49. The monoisotopic (exact) mass is 371 g/mol. The summed E-state index contributed by atoms with van der Waals surface area (Å²) in [5, 5.41) is 0. The molecule has 27 heavy (non-hydrogen) atoms. The molecule has 0 bridgehead atoms. The van der Waals surface area contributed by atoms with Crippen LogP contribution in [0.1, 0.15) is 91.4 Å². The van der Waals surface area contributed by atoms with Gasteiger partial charge in [-0.05, 0) is 85.9 Å². The van der Waals surface area contributed by atoms with Gasteiger partial charge in [0, 0.05) is 19.5 Å². The molecule has 0 N–H and O–H groups in total. The first-order valence-corrected chi connectivity index (χ1v) is 11.8. The lowest BCUT2D eigenvalue weighted by atomic mass is 9.47. The summed E-state index contributed by atoms with van der Waals surface area (Å²) in [6.07, 6.45) is 19.1. The van der Waals surface area contributed by atoms with Crippen LogP contribution < -0.4 is 0 Å². The number of likely N-dealkylation sites (tertiary alicyclic amines) is 1. The Bertz CT molecular complexity index is 597. The molecule has 1 saturated heterocycles. The summed E-state index contributed by atoms with van der Waals surface area (Å²) < 4.78 is 0. The average Bonchev–Trinajstić information content (AvgIpc) is 2.99. The van der Waals surface area contributed by atoms with Crippen LogP contribution in [0.4, 0.5) is 0 Å². The van der Waals surface area contributed by atoms with Crippen LogP contribution in [0, 0.1) is 34.5 Å². The lowest BCUT2D eigenvalue weighted by Gasteiger charge is -2.61. The predicted octanol–water partition coefficient (Wildman–Crippen LogP) is 6.21. The number of nitrogens with zero attached hydrogens (tertiary/aromatic N) is 1. The van der Waals surface area contributed by atoms with Gasteiger partial charge in [-0.25, -0.2) is 0 Å². The van der Waals surface area contributed by atoms with Crippen molar-refractivity contribution in [1.29, 1.82) is 0 Å². The third-order valence-corrected chi connectivity index (χ3v) is 9.49. The van der Waals surface area contributed by atoms with E-state index in [4.69, 9.17) is 0 Å². The van der Waals surface area contributed by atoms with Crippen LogP contribution in [0.15, 0.2) is 12.2 Å². The van der Waals surface area contributed by atoms with Gasteiger partial charge in [-0.15, -0.1) is 0 Å². The Kier molecular flexibility index (Phi) is 5.23. The number of carbonyl (C=O) groups is 1. The smallest absolute Gasteiger partial charge is 0.222 e. The summed E-state index contributed by atoms with van der Waals surface area (Å²) in [5.41, 5.74) is 0.933. The van der Waals surface area contributed by atoms with Gasteiger partial charge in [-0.2, -0.15) is 0 Å². The van der Waals surface area contributed by atoms with E-state index in [-0.39, 0.29) is 0 Å². The Morgan fingerprint density at radius 1 is 1.15 bits per heavy atom. The van der Waals surface area contributed by atoms with Crippen LogP contribution in [0.5, 0.6) is 0 Å². The number of hydrogen-bond acceptors (Lipinski definition) is 1. The van der Waals surface area contributed by atoms with Crippen molar-refractivity contribution in [2.75, 3.05) is 7.05 Å². The molecule has 1 heterocycles. The fourth-order valence-corrected chi connectivity index (χ4v) is 8.02. The van der Waals surface area contributed by atoms with E-state index in [1.165, 1.54) is 57.8 Å². The molecule has 0 radical (unpaired) electrons. The lowest BCUT2D eigenvalue weighted by Crippen LogP contribution is -2.61. The Morgan fingerprint density at radius 2 is 1.96 bits per heavy atom. The van der Waals surface area contributed by atoms with E-state index in [0.29, 0.717) is 22.8 Å². The zero-order valence-electron chi connectivity index (χ0n) is 18.2. The van der Waals surface area contributed by atoms with Gasteiger partial charge in [0.05, 0.1) is 0 Å². The zero-order valence-corrected chi connectivity index (χ0v) is 18.2. The summed E-state index contributed by atoms with van der Waals surface area (Å²) in [6, 6.07) is 0.496. The van der Waals surface area contributed by atoms with E-state index in [1.54, 1.807) is 0 Å². The third kappa shape index (κ3) is 3.19. The molecule has 0 aromatic heterocycles. The quantitative estimate of drug-likeness (QED) is 0.425. The fourth-order valence-electron chi connectivity index (χ4n) is 8.02. The van der Waals surface area contributed by atoms with E-state index in [2.05, 4.69) is 44.9 Å². The van der Waals surface area contributed by atoms with E-state index < -0.39 is 0 Å². The van der Waals surface area contributed by atoms with Crippen molar-refractivity contribution in [1.82, 2.24) is 4.90 Å². The molecular formula is C25H41NO. The number of piperidine rings is 1. The van der Waals surface area contributed by atoms with E-state index >= 15 is 0 Å². The summed E-state index contributed by atoms with van der Waals surface area (Å²) in [7, 11) is 2.07. The van der Waals surface area contributed by atoms with Crippen LogP contribution in [-0.2, 0) is 4.79 Å². The number of allylic oxidation sites excluding steroid dienone is 2. The van der Waals surface area contributed by atoms with E-state index in [1.807, 2.05) is 0 Å². The molecule has 3 saturated carbocycles. The maximum Gasteiger partial charge on any atom is 0.222 e. The Hall–Kier alpha value is -0.790. The molecule has 152 valence electrons. The van der Waals surface area contributed by atoms with Gasteiger partial charge in [-0.3, -0.25) is 4.79 Å². The molecule has 7 atom stereocenters. The number of unbranched alkanes of at least 4 members (excludes halogenated alkanes) is 2. The van der Waals surface area contributed by atoms with Crippen LogP contribution in [0.2, 0.25) is 0 Å². The van der Waals surface area contributed by atoms with Crippen molar-refractivity contribution in [2.24, 2.45) is 34.5 Å². The van der Waals surface area contributed by atoms with Gasteiger partial charge in [-0.1, -0.05) is 45.8 Å². The topological polar surface area (TPSA) is 20.3 Å². The minimum Gasteiger partial charge on any atom is -0.342 e. The molecule has 1 aliphatic heterocycles. The summed E-state index contributed by atoms with van der Waals surface area (Å²) >= 11 is 0. The highest BCUT2D eigenvalue weighted by molar-refractivity contribution is 5.77. The number of rotatable bonds is 4. The van der Waals surface area contributed by atoms with Crippen LogP contribution in [-0.4, -0.2) is 23.9 Å². The van der Waals surface area contributed by atoms with Gasteiger partial charge in [0.15, 0.2) is 0 Å². The molecule has 0 spiro atoms. The first-order valence-electron chi connectivity index (χ1n) is 11.8. The Morgan fingerprint density at radius 3 is 2.74 bits per heavy atom. The normalized spacial score (nSPS) is 47.0. The van der Waals surface area contributed by atoms with Gasteiger partial charge >= 0.3 is 0 Å². The molecule has 4 aliphatic rings. The van der Waals surface area contributed by atoms with E-state index in [9.17, 15) is 4.79 Å². The second-order valence-corrected chi connectivity index (χ2v) is 10.9. The van der Waals surface area contributed by atoms with Crippen LogP contribution >= 0.6 is 0 Å². The predicted molar refractivity (Wildman–Crippen MR) is 112 cm³/mol. The standard InChI is InChI=1S/C25H41NO/c1-5-6-7-8-9-18-16-21-19-10-11-22-25(3,15-13-23(27)26(22)4)20(19)12-14-24(21,2)17-18/h8-9,18-22H,5-7,10-17H2,1-4H3/t18?,19-,20-,21+,22?,24-,25-/m1/s1. The first-order chi connectivity index (χ1) is 12.9. The second kappa shape index (κ2) is 7.23. The number of hydrogen-bond donors (Lipinski definition) is 0. The number of amides is 1. The molecule has 2 heteroatoms. The van der Waals surface area contributed by atoms with Gasteiger partial charge in [0.1, 0.15) is 0 Å². The van der Waals surface area contributed by atoms with Gasteiger partial charge in [0.2, 0.25) is 5.91 Å². The molecule has 4 rings (SSSR count). The summed E-state index contributed by atoms with van der Waals surface area (Å²) in [6.45, 7) is 7.43. The molecule has 2 nitrogen and oxygen atoms in total. The van der Waals surface area contributed by atoms with Crippen LogP contribution in [0.25, 0.3) is 0 Å². The Balaban J connectivity index is 1.51. The first kappa shape index (κ1) is 19.5. The fraction of sp³-hybridized carbons (Fsp3) is 0.880. The van der Waals surface area contributed by atoms with Gasteiger partial charge in [0.25, 0.3) is 0 Å². The zero-order chi connectivity index (χ0) is 19.2. The maximum atomic E-state index is 12.3. The number of fused-ring (bicyclic) bond motifs is 5. The SMILES string of the molecule is CCCCC=CC1C[C@H]2[C@@H]3CCC4N(C)C(=O)CC[C@]4(C)[C@@H]3CC[C@]2(C)C1. The van der Waals surface area contributed by atoms with Crippen molar-refractivity contribution in [3.05, 3.63) is 12.2 Å².